The first-order valence-corrected chi connectivity index (χ1v) is 10.9. The zero-order chi connectivity index (χ0) is 25.9. The Balaban J connectivity index is 5.46. The third kappa shape index (κ3) is 10.9. The Morgan fingerprint density at radius 2 is 1.33 bits per heavy atom. The van der Waals surface area contributed by atoms with Crippen LogP contribution in [-0.4, -0.2) is 59.5 Å². The van der Waals surface area contributed by atoms with E-state index in [1.807, 2.05) is 13.8 Å². The normalized spacial score (nSPS) is 15.5. The van der Waals surface area contributed by atoms with E-state index in [0.29, 0.717) is 6.42 Å². The number of carbonyl (C=O) groups is 6. The van der Waals surface area contributed by atoms with Gasteiger partial charge in [0.15, 0.2) is 5.78 Å². The van der Waals surface area contributed by atoms with Gasteiger partial charge in [-0.05, 0) is 25.2 Å². The summed E-state index contributed by atoms with van der Waals surface area (Å²) in [6, 6.07) is -4.29. The van der Waals surface area contributed by atoms with Crippen molar-refractivity contribution in [3.05, 3.63) is 0 Å². The molecule has 5 unspecified atom stereocenters. The molecule has 0 aliphatic rings. The SMILES string of the molecule is CCC(C)C(NC(=O)C(NC(=O)C(CC(N)=O)NC(=O)C(N)CCC(N)=O)C(C)C)C(C)=O. The van der Waals surface area contributed by atoms with E-state index in [1.165, 1.54) is 6.92 Å². The summed E-state index contributed by atoms with van der Waals surface area (Å²) in [5, 5.41) is 7.52. The fourth-order valence-corrected chi connectivity index (χ4v) is 3.03. The highest BCUT2D eigenvalue weighted by molar-refractivity contribution is 5.96. The van der Waals surface area contributed by atoms with Gasteiger partial charge in [0.05, 0.1) is 18.5 Å². The maximum Gasteiger partial charge on any atom is 0.243 e. The van der Waals surface area contributed by atoms with E-state index < -0.39 is 60.1 Å². The number of ketones is 1. The number of primary amides is 2. The molecule has 0 aliphatic heterocycles. The molecule has 0 heterocycles. The highest BCUT2D eigenvalue weighted by Gasteiger charge is 2.33. The van der Waals surface area contributed by atoms with Gasteiger partial charge in [-0.15, -0.1) is 0 Å². The smallest absolute Gasteiger partial charge is 0.243 e. The van der Waals surface area contributed by atoms with Gasteiger partial charge in [0.25, 0.3) is 0 Å². The Morgan fingerprint density at radius 3 is 1.76 bits per heavy atom. The van der Waals surface area contributed by atoms with E-state index in [-0.39, 0.29) is 30.5 Å². The van der Waals surface area contributed by atoms with Crippen LogP contribution in [-0.2, 0) is 28.8 Å². The van der Waals surface area contributed by atoms with Gasteiger partial charge >= 0.3 is 0 Å². The summed E-state index contributed by atoms with van der Waals surface area (Å²) in [6.45, 7) is 8.48. The minimum absolute atomic E-state index is 0.0504. The maximum atomic E-state index is 12.9. The van der Waals surface area contributed by atoms with Gasteiger partial charge in [0, 0.05) is 6.42 Å². The molecule has 0 radical (unpaired) electrons. The molecule has 0 fully saturated rings. The second-order valence-corrected chi connectivity index (χ2v) is 8.56. The van der Waals surface area contributed by atoms with Gasteiger partial charge in [-0.2, -0.15) is 0 Å². The molecule has 0 saturated heterocycles. The molecule has 188 valence electrons. The van der Waals surface area contributed by atoms with E-state index in [0.717, 1.165) is 0 Å². The first-order valence-electron chi connectivity index (χ1n) is 10.9. The number of hydrogen-bond acceptors (Lipinski definition) is 7. The van der Waals surface area contributed by atoms with Crippen molar-refractivity contribution < 1.29 is 28.8 Å². The van der Waals surface area contributed by atoms with Crippen LogP contribution >= 0.6 is 0 Å². The Morgan fingerprint density at radius 1 is 0.788 bits per heavy atom. The van der Waals surface area contributed by atoms with Crippen LogP contribution in [0.5, 0.6) is 0 Å². The van der Waals surface area contributed by atoms with E-state index in [9.17, 15) is 28.8 Å². The van der Waals surface area contributed by atoms with Crippen LogP contribution in [0, 0.1) is 11.8 Å². The Kier molecular flexibility index (Phi) is 12.9. The van der Waals surface area contributed by atoms with Crippen molar-refractivity contribution in [2.75, 3.05) is 0 Å². The molecule has 5 atom stereocenters. The third-order valence-electron chi connectivity index (χ3n) is 5.27. The molecule has 0 spiro atoms. The number of amides is 5. The summed E-state index contributed by atoms with van der Waals surface area (Å²) in [6.07, 6.45) is -0.0586. The molecule has 9 N–H and O–H groups in total. The summed E-state index contributed by atoms with van der Waals surface area (Å²) in [7, 11) is 0. The van der Waals surface area contributed by atoms with Crippen molar-refractivity contribution in [2.24, 2.45) is 29.0 Å². The predicted molar refractivity (Wildman–Crippen MR) is 121 cm³/mol. The number of nitrogens with one attached hydrogen (secondary N) is 3. The van der Waals surface area contributed by atoms with Crippen LogP contribution in [0.2, 0.25) is 0 Å². The van der Waals surface area contributed by atoms with E-state index >= 15 is 0 Å². The fourth-order valence-electron chi connectivity index (χ4n) is 3.03. The van der Waals surface area contributed by atoms with Crippen molar-refractivity contribution in [3.8, 4) is 0 Å². The van der Waals surface area contributed by atoms with E-state index in [1.54, 1.807) is 13.8 Å². The molecule has 0 rings (SSSR count). The lowest BCUT2D eigenvalue weighted by Gasteiger charge is -2.28. The van der Waals surface area contributed by atoms with Gasteiger partial charge in [-0.25, -0.2) is 0 Å². The minimum Gasteiger partial charge on any atom is -0.370 e. The third-order valence-corrected chi connectivity index (χ3v) is 5.27. The van der Waals surface area contributed by atoms with Crippen LogP contribution < -0.4 is 33.2 Å². The quantitative estimate of drug-likeness (QED) is 0.161. The van der Waals surface area contributed by atoms with E-state index in [2.05, 4.69) is 16.0 Å². The molecule has 12 nitrogen and oxygen atoms in total. The van der Waals surface area contributed by atoms with Gasteiger partial charge in [0.2, 0.25) is 29.5 Å². The minimum atomic E-state index is -1.39. The number of hydrogen-bond donors (Lipinski definition) is 6. The zero-order valence-electron chi connectivity index (χ0n) is 20.0. The molecule has 5 amide bonds. The highest BCUT2D eigenvalue weighted by Crippen LogP contribution is 2.11. The first-order chi connectivity index (χ1) is 15.2. The van der Waals surface area contributed by atoms with Crippen LogP contribution in [0.3, 0.4) is 0 Å². The van der Waals surface area contributed by atoms with Crippen molar-refractivity contribution >= 4 is 35.3 Å². The van der Waals surface area contributed by atoms with Gasteiger partial charge in [-0.1, -0.05) is 34.1 Å². The molecule has 0 bridgehead atoms. The zero-order valence-corrected chi connectivity index (χ0v) is 20.0. The molecule has 0 aromatic rings. The Bertz CT molecular complexity index is 741. The maximum absolute atomic E-state index is 12.9. The average molecular weight is 471 g/mol. The molecular formula is C21H38N6O6. The summed E-state index contributed by atoms with van der Waals surface area (Å²) in [4.78, 5) is 72.3. The molecule has 12 heteroatoms. The van der Waals surface area contributed by atoms with E-state index in [4.69, 9.17) is 17.2 Å². The second kappa shape index (κ2) is 14.2. The van der Waals surface area contributed by atoms with Crippen LogP contribution in [0.25, 0.3) is 0 Å². The van der Waals surface area contributed by atoms with Crippen LogP contribution in [0.15, 0.2) is 0 Å². The topological polar surface area (TPSA) is 217 Å². The van der Waals surface area contributed by atoms with Crippen molar-refractivity contribution in [1.82, 2.24) is 16.0 Å². The second-order valence-electron chi connectivity index (χ2n) is 8.56. The predicted octanol–water partition coefficient (Wildman–Crippen LogP) is -1.80. The van der Waals surface area contributed by atoms with Crippen LogP contribution in [0.4, 0.5) is 0 Å². The summed E-state index contributed by atoms with van der Waals surface area (Å²) >= 11 is 0. The van der Waals surface area contributed by atoms with Gasteiger partial charge < -0.3 is 33.2 Å². The monoisotopic (exact) mass is 470 g/mol. The summed E-state index contributed by atoms with van der Waals surface area (Å²) in [5.74, 6) is -4.37. The standard InChI is InChI=1S/C21H38N6O6/c1-6-11(4)18(12(5)28)27-21(33)17(10(2)3)26-20(32)14(9-16(24)30)25-19(31)13(22)7-8-15(23)29/h10-11,13-14,17-18H,6-9,22H2,1-5H3,(H2,23,29)(H2,24,30)(H,25,31)(H,26,32)(H,27,33). The van der Waals surface area contributed by atoms with Crippen molar-refractivity contribution in [3.63, 3.8) is 0 Å². The largest absolute Gasteiger partial charge is 0.370 e. The molecule has 0 aliphatic carbocycles. The Labute approximate surface area is 194 Å². The molecule has 0 saturated carbocycles. The average Bonchev–Trinajstić information content (AvgIpc) is 2.71. The van der Waals surface area contributed by atoms with Gasteiger partial charge in [0.1, 0.15) is 12.1 Å². The fraction of sp³-hybridized carbons (Fsp3) is 0.714. The first kappa shape index (κ1) is 30.0. The number of rotatable bonds is 15. The number of carbonyl (C=O) groups excluding carboxylic acids is 6. The Hall–Kier alpha value is -3.02. The molecule has 0 aromatic carbocycles. The number of Topliss-reactive ketones (excluding diaryl/α,β-unsaturated/α-hetero) is 1. The summed E-state index contributed by atoms with van der Waals surface area (Å²) in [5.41, 5.74) is 15.9. The lowest BCUT2D eigenvalue weighted by atomic mass is 9.94. The molecule has 33 heavy (non-hydrogen) atoms. The van der Waals surface area contributed by atoms with Crippen molar-refractivity contribution in [1.29, 1.82) is 0 Å². The number of nitrogens with two attached hydrogens (primary N) is 3. The van der Waals surface area contributed by atoms with Gasteiger partial charge in [-0.3, -0.25) is 28.8 Å². The highest BCUT2D eigenvalue weighted by atomic mass is 16.2. The van der Waals surface area contributed by atoms with Crippen molar-refractivity contribution in [2.45, 2.75) is 84.5 Å². The van der Waals surface area contributed by atoms with Crippen LogP contribution in [0.1, 0.15) is 60.3 Å². The lowest BCUT2D eigenvalue weighted by Crippen LogP contribution is -2.59. The molecule has 0 aromatic heterocycles. The molecular weight excluding hydrogens is 432 g/mol. The summed E-state index contributed by atoms with van der Waals surface area (Å²) < 4.78 is 0. The lowest BCUT2D eigenvalue weighted by molar-refractivity contribution is -0.135.